The molecule has 1 aliphatic rings. The Morgan fingerprint density at radius 1 is 1.06 bits per heavy atom. The van der Waals surface area contributed by atoms with Crippen molar-refractivity contribution in [2.24, 2.45) is 0 Å². The molecule has 0 unspecified atom stereocenters. The van der Waals surface area contributed by atoms with Crippen LogP contribution in [0.3, 0.4) is 0 Å². The van der Waals surface area contributed by atoms with Gasteiger partial charge < -0.3 is 18.8 Å². The minimum atomic E-state index is -2.12. The Morgan fingerprint density at radius 3 is 2.16 bits per heavy atom. The van der Waals surface area contributed by atoms with E-state index in [-0.39, 0.29) is 23.6 Å². The van der Waals surface area contributed by atoms with Crippen LogP contribution < -0.4 is 4.74 Å². The van der Waals surface area contributed by atoms with Crippen LogP contribution >= 0.6 is 0 Å². The Bertz CT molecular complexity index is 796. The summed E-state index contributed by atoms with van der Waals surface area (Å²) in [6.07, 6.45) is -0.769. The van der Waals surface area contributed by atoms with Crippen LogP contribution in [0.5, 0.6) is 5.75 Å². The lowest BCUT2D eigenvalue weighted by atomic mass is 10.2. The fraction of sp³-hybridized carbons (Fsp3) is 0.667. The number of benzene rings is 1. The first kappa shape index (κ1) is 26.2. The summed E-state index contributed by atoms with van der Waals surface area (Å²) in [5.74, 6) is 0.652. The number of hydrogen-bond donors (Lipinski definition) is 0. The standard InChI is InChI=1S/C24H40N2O5Si/c1-23(2,3)30-22(28)26-16-20(31-32(8,9)24(4,5)6)15-25(21(27)17-26)14-18-10-12-19(29-7)13-11-18/h10-13,20H,14-17H2,1-9H3/t20-/m1/s1. The van der Waals surface area contributed by atoms with Crippen LogP contribution in [-0.2, 0) is 20.5 Å². The summed E-state index contributed by atoms with van der Waals surface area (Å²) in [5, 5.41) is 0.0148. The molecule has 0 aliphatic carbocycles. The van der Waals surface area contributed by atoms with Gasteiger partial charge in [0.1, 0.15) is 17.9 Å². The van der Waals surface area contributed by atoms with Crippen molar-refractivity contribution in [2.45, 2.75) is 77.9 Å². The van der Waals surface area contributed by atoms with Gasteiger partial charge in [0.15, 0.2) is 8.32 Å². The number of carbonyl (C=O) groups is 2. The van der Waals surface area contributed by atoms with E-state index in [0.717, 1.165) is 11.3 Å². The SMILES string of the molecule is COc1ccc(CN2C[C@@H](O[Si](C)(C)C(C)(C)C)CN(C(=O)OC(C)(C)C)CC2=O)cc1. The Balaban J connectivity index is 2.27. The molecule has 0 N–H and O–H groups in total. The third-order valence-corrected chi connectivity index (χ3v) is 10.5. The zero-order valence-corrected chi connectivity index (χ0v) is 22.2. The van der Waals surface area contributed by atoms with Gasteiger partial charge >= 0.3 is 6.09 Å². The zero-order valence-electron chi connectivity index (χ0n) is 21.2. The molecule has 0 radical (unpaired) electrons. The summed E-state index contributed by atoms with van der Waals surface area (Å²) in [5.41, 5.74) is 0.362. The van der Waals surface area contributed by atoms with E-state index in [9.17, 15) is 9.59 Å². The average Bonchev–Trinajstić information content (AvgIpc) is 2.79. The largest absolute Gasteiger partial charge is 0.497 e. The van der Waals surface area contributed by atoms with Crippen LogP contribution in [-0.4, -0.2) is 68.6 Å². The number of methoxy groups -OCH3 is 1. The molecule has 0 aromatic heterocycles. The van der Waals surface area contributed by atoms with Gasteiger partial charge in [-0.15, -0.1) is 0 Å². The van der Waals surface area contributed by atoms with Crippen molar-refractivity contribution >= 4 is 20.3 Å². The van der Waals surface area contributed by atoms with Crippen molar-refractivity contribution in [3.05, 3.63) is 29.8 Å². The molecule has 1 aromatic rings. The molecule has 1 heterocycles. The maximum atomic E-state index is 13.1. The third-order valence-electron chi connectivity index (χ3n) is 5.98. The molecular weight excluding hydrogens is 424 g/mol. The van der Waals surface area contributed by atoms with Gasteiger partial charge in [0, 0.05) is 13.1 Å². The second kappa shape index (κ2) is 9.83. The number of carbonyl (C=O) groups excluding carboxylic acids is 2. The highest BCUT2D eigenvalue weighted by atomic mass is 28.4. The van der Waals surface area contributed by atoms with Crippen LogP contribution in [0.2, 0.25) is 18.1 Å². The number of nitrogens with zero attached hydrogens (tertiary/aromatic N) is 2. The van der Waals surface area contributed by atoms with Gasteiger partial charge in [0.2, 0.25) is 5.91 Å². The van der Waals surface area contributed by atoms with Gasteiger partial charge in [-0.05, 0) is 56.6 Å². The van der Waals surface area contributed by atoms with Crippen molar-refractivity contribution in [2.75, 3.05) is 26.7 Å². The van der Waals surface area contributed by atoms with Crippen LogP contribution in [0.4, 0.5) is 4.79 Å². The molecule has 32 heavy (non-hydrogen) atoms. The second-order valence-electron chi connectivity index (χ2n) is 11.0. The summed E-state index contributed by atoms with van der Waals surface area (Å²) < 4.78 is 17.5. The van der Waals surface area contributed by atoms with Crippen molar-refractivity contribution in [1.29, 1.82) is 0 Å². The van der Waals surface area contributed by atoms with Crippen molar-refractivity contribution < 1.29 is 23.5 Å². The Morgan fingerprint density at radius 2 is 1.66 bits per heavy atom. The number of ether oxygens (including phenoxy) is 2. The monoisotopic (exact) mass is 464 g/mol. The Kier molecular flexibility index (Phi) is 8.04. The van der Waals surface area contributed by atoms with E-state index in [1.807, 2.05) is 45.0 Å². The van der Waals surface area contributed by atoms with E-state index >= 15 is 0 Å². The first-order valence-electron chi connectivity index (χ1n) is 11.2. The van der Waals surface area contributed by atoms with E-state index in [1.54, 1.807) is 12.0 Å². The predicted octanol–water partition coefficient (Wildman–Crippen LogP) is 4.66. The van der Waals surface area contributed by atoms with E-state index < -0.39 is 20.0 Å². The highest BCUT2D eigenvalue weighted by molar-refractivity contribution is 6.74. The van der Waals surface area contributed by atoms with Crippen molar-refractivity contribution in [1.82, 2.24) is 9.80 Å². The molecule has 1 aliphatic heterocycles. The molecule has 2 rings (SSSR count). The topological polar surface area (TPSA) is 68.3 Å². The van der Waals surface area contributed by atoms with E-state index in [4.69, 9.17) is 13.9 Å². The fourth-order valence-electron chi connectivity index (χ4n) is 3.22. The lowest BCUT2D eigenvalue weighted by Crippen LogP contribution is -2.49. The van der Waals surface area contributed by atoms with Gasteiger partial charge in [-0.25, -0.2) is 4.79 Å². The lowest BCUT2D eigenvalue weighted by Gasteiger charge is -2.40. The van der Waals surface area contributed by atoms with E-state index in [2.05, 4.69) is 33.9 Å². The van der Waals surface area contributed by atoms with Gasteiger partial charge in [-0.3, -0.25) is 9.69 Å². The van der Waals surface area contributed by atoms with Gasteiger partial charge in [0.05, 0.1) is 19.8 Å². The normalized spacial score (nSPS) is 18.4. The molecule has 8 heteroatoms. The molecule has 2 amide bonds. The fourth-order valence-corrected chi connectivity index (χ4v) is 4.55. The molecule has 0 bridgehead atoms. The summed E-state index contributed by atoms with van der Waals surface area (Å²) in [6, 6.07) is 7.67. The minimum Gasteiger partial charge on any atom is -0.497 e. The molecule has 7 nitrogen and oxygen atoms in total. The van der Waals surface area contributed by atoms with E-state index in [1.165, 1.54) is 4.90 Å². The minimum absolute atomic E-state index is 0.0148. The molecule has 0 spiro atoms. The molecule has 1 saturated heterocycles. The predicted molar refractivity (Wildman–Crippen MR) is 128 cm³/mol. The first-order chi connectivity index (χ1) is 14.6. The first-order valence-corrected chi connectivity index (χ1v) is 14.1. The van der Waals surface area contributed by atoms with Crippen molar-refractivity contribution in [3.8, 4) is 5.75 Å². The maximum Gasteiger partial charge on any atom is 0.410 e. The lowest BCUT2D eigenvalue weighted by molar-refractivity contribution is -0.132. The summed E-state index contributed by atoms with van der Waals surface area (Å²) >= 11 is 0. The van der Waals surface area contributed by atoms with E-state index in [0.29, 0.717) is 19.6 Å². The Hall–Kier alpha value is -2.06. The maximum absolute atomic E-state index is 13.1. The highest BCUT2D eigenvalue weighted by Gasteiger charge is 2.42. The van der Waals surface area contributed by atoms with Crippen LogP contribution in [0.25, 0.3) is 0 Å². The molecule has 0 saturated carbocycles. The molecular formula is C24H40N2O5Si. The number of rotatable bonds is 5. The van der Waals surface area contributed by atoms with Crippen LogP contribution in [0.1, 0.15) is 47.1 Å². The third kappa shape index (κ3) is 7.23. The second-order valence-corrected chi connectivity index (χ2v) is 15.7. The molecule has 1 aromatic carbocycles. The van der Waals surface area contributed by atoms with Gasteiger partial charge in [-0.1, -0.05) is 32.9 Å². The van der Waals surface area contributed by atoms with Crippen LogP contribution in [0, 0.1) is 0 Å². The number of amides is 2. The molecule has 1 fully saturated rings. The smallest absolute Gasteiger partial charge is 0.410 e. The molecule has 180 valence electrons. The zero-order chi connectivity index (χ0) is 24.3. The van der Waals surface area contributed by atoms with Gasteiger partial charge in [-0.2, -0.15) is 0 Å². The van der Waals surface area contributed by atoms with Crippen molar-refractivity contribution in [3.63, 3.8) is 0 Å². The molecule has 1 atom stereocenters. The summed E-state index contributed by atoms with van der Waals surface area (Å²) in [6.45, 7) is 17.6. The van der Waals surface area contributed by atoms with Crippen LogP contribution in [0.15, 0.2) is 24.3 Å². The highest BCUT2D eigenvalue weighted by Crippen LogP contribution is 2.37. The number of hydrogen-bond acceptors (Lipinski definition) is 5. The summed E-state index contributed by atoms with van der Waals surface area (Å²) in [4.78, 5) is 29.2. The summed E-state index contributed by atoms with van der Waals surface area (Å²) in [7, 11) is -0.489. The Labute approximate surface area is 194 Å². The quantitative estimate of drug-likeness (QED) is 0.593. The average molecular weight is 465 g/mol. The van der Waals surface area contributed by atoms with Gasteiger partial charge in [0.25, 0.3) is 0 Å².